The van der Waals surface area contributed by atoms with E-state index in [1.165, 1.54) is 5.56 Å². The van der Waals surface area contributed by atoms with Gasteiger partial charge in [-0.2, -0.15) is 0 Å². The van der Waals surface area contributed by atoms with Gasteiger partial charge in [0.05, 0.1) is 18.8 Å². The van der Waals surface area contributed by atoms with Gasteiger partial charge in [0.15, 0.2) is 0 Å². The molecule has 1 unspecified atom stereocenters. The molecule has 3 rings (SSSR count). The Bertz CT molecular complexity index is 718. The highest BCUT2D eigenvalue weighted by Gasteiger charge is 2.27. The van der Waals surface area contributed by atoms with Crippen LogP contribution in [0.25, 0.3) is 0 Å². The molecule has 1 heterocycles. The van der Waals surface area contributed by atoms with Crippen LogP contribution < -0.4 is 10.1 Å². The van der Waals surface area contributed by atoms with E-state index in [1.54, 1.807) is 0 Å². The molecular weight excluding hydrogens is 380 g/mol. The van der Waals surface area contributed by atoms with Gasteiger partial charge in [-0.05, 0) is 72.1 Å². The normalized spacial score (nSPS) is 17.4. The number of halogens is 1. The molecular formula is C20H23BrN2O2. The van der Waals surface area contributed by atoms with E-state index in [9.17, 15) is 4.79 Å². The molecule has 0 radical (unpaired) electrons. The van der Waals surface area contributed by atoms with Crippen molar-refractivity contribution in [1.82, 2.24) is 4.90 Å². The Morgan fingerprint density at radius 3 is 2.72 bits per heavy atom. The molecule has 1 amide bonds. The molecule has 0 spiro atoms. The van der Waals surface area contributed by atoms with E-state index in [1.807, 2.05) is 43.3 Å². The molecule has 1 aliphatic rings. The first-order valence-electron chi connectivity index (χ1n) is 8.68. The van der Waals surface area contributed by atoms with Crippen LogP contribution in [0.5, 0.6) is 5.75 Å². The molecule has 0 aromatic heterocycles. The molecule has 1 aliphatic heterocycles. The second-order valence-corrected chi connectivity index (χ2v) is 7.01. The van der Waals surface area contributed by atoms with E-state index in [0.29, 0.717) is 19.2 Å². The molecule has 1 fully saturated rings. The number of carbonyl (C=O) groups excluding carboxylic acids is 1. The van der Waals surface area contributed by atoms with Gasteiger partial charge in [-0.25, -0.2) is 0 Å². The van der Waals surface area contributed by atoms with Crippen LogP contribution in [0.3, 0.4) is 0 Å². The predicted molar refractivity (Wildman–Crippen MR) is 104 cm³/mol. The van der Waals surface area contributed by atoms with Crippen LogP contribution in [0.4, 0.5) is 5.69 Å². The van der Waals surface area contributed by atoms with Gasteiger partial charge in [0, 0.05) is 10.5 Å². The first kappa shape index (κ1) is 18.0. The van der Waals surface area contributed by atoms with Crippen LogP contribution in [0.2, 0.25) is 0 Å². The standard InChI is InChI=1S/C20H23BrN2O2/c1-2-25-16-11-9-15(10-12-16)19-8-5-13-23(19)14-20(24)22-18-7-4-3-6-17(18)21/h3-4,6-7,9-12,19H,2,5,8,13-14H2,1H3,(H,22,24). The minimum absolute atomic E-state index is 0.0183. The average molecular weight is 403 g/mol. The van der Waals surface area contributed by atoms with Crippen LogP contribution in [0, 0.1) is 0 Å². The number of likely N-dealkylation sites (tertiary alicyclic amines) is 1. The first-order valence-corrected chi connectivity index (χ1v) is 9.48. The van der Waals surface area contributed by atoms with Crippen molar-refractivity contribution < 1.29 is 9.53 Å². The Balaban J connectivity index is 1.63. The summed E-state index contributed by atoms with van der Waals surface area (Å²) in [6.45, 7) is 4.00. The van der Waals surface area contributed by atoms with Gasteiger partial charge in [0.2, 0.25) is 5.91 Å². The Morgan fingerprint density at radius 2 is 2.00 bits per heavy atom. The van der Waals surface area contributed by atoms with Gasteiger partial charge in [-0.1, -0.05) is 24.3 Å². The van der Waals surface area contributed by atoms with Crippen molar-refractivity contribution >= 4 is 27.5 Å². The van der Waals surface area contributed by atoms with Crippen molar-refractivity contribution in [3.63, 3.8) is 0 Å². The van der Waals surface area contributed by atoms with E-state index < -0.39 is 0 Å². The minimum atomic E-state index is 0.0183. The molecule has 25 heavy (non-hydrogen) atoms. The number of rotatable bonds is 6. The van der Waals surface area contributed by atoms with E-state index >= 15 is 0 Å². The Morgan fingerprint density at radius 1 is 1.24 bits per heavy atom. The summed E-state index contributed by atoms with van der Waals surface area (Å²) in [4.78, 5) is 14.7. The highest BCUT2D eigenvalue weighted by Crippen LogP contribution is 2.32. The summed E-state index contributed by atoms with van der Waals surface area (Å²) >= 11 is 3.47. The fourth-order valence-electron chi connectivity index (χ4n) is 3.28. The van der Waals surface area contributed by atoms with Crippen molar-refractivity contribution in [3.8, 4) is 5.75 Å². The Kier molecular flexibility index (Phi) is 6.10. The van der Waals surface area contributed by atoms with Gasteiger partial charge in [0.1, 0.15) is 5.75 Å². The van der Waals surface area contributed by atoms with Crippen molar-refractivity contribution in [3.05, 3.63) is 58.6 Å². The van der Waals surface area contributed by atoms with Crippen molar-refractivity contribution in [1.29, 1.82) is 0 Å². The number of hydrogen-bond donors (Lipinski definition) is 1. The molecule has 1 N–H and O–H groups in total. The number of nitrogens with zero attached hydrogens (tertiary/aromatic N) is 1. The zero-order valence-corrected chi connectivity index (χ0v) is 16.0. The van der Waals surface area contributed by atoms with Crippen LogP contribution in [-0.4, -0.2) is 30.5 Å². The molecule has 4 nitrogen and oxygen atoms in total. The van der Waals surface area contributed by atoms with Crippen LogP contribution in [0.15, 0.2) is 53.0 Å². The second-order valence-electron chi connectivity index (χ2n) is 6.16. The quantitative estimate of drug-likeness (QED) is 0.765. The smallest absolute Gasteiger partial charge is 0.238 e. The third kappa shape index (κ3) is 4.61. The van der Waals surface area contributed by atoms with Crippen molar-refractivity contribution in [2.45, 2.75) is 25.8 Å². The number of benzene rings is 2. The van der Waals surface area contributed by atoms with E-state index in [4.69, 9.17) is 4.74 Å². The number of nitrogens with one attached hydrogen (secondary N) is 1. The summed E-state index contributed by atoms with van der Waals surface area (Å²) in [5, 5.41) is 2.99. The van der Waals surface area contributed by atoms with Crippen LogP contribution in [0.1, 0.15) is 31.4 Å². The second kappa shape index (κ2) is 8.50. The monoisotopic (exact) mass is 402 g/mol. The molecule has 132 valence electrons. The molecule has 2 aromatic carbocycles. The third-order valence-corrected chi connectivity index (χ3v) is 5.13. The minimum Gasteiger partial charge on any atom is -0.494 e. The van der Waals surface area contributed by atoms with Gasteiger partial charge < -0.3 is 10.1 Å². The van der Waals surface area contributed by atoms with Crippen molar-refractivity contribution in [2.75, 3.05) is 25.0 Å². The van der Waals surface area contributed by atoms with Gasteiger partial charge in [-0.3, -0.25) is 9.69 Å². The van der Waals surface area contributed by atoms with E-state index in [0.717, 1.165) is 35.3 Å². The number of carbonyl (C=O) groups is 1. The first-order chi connectivity index (χ1) is 12.2. The average Bonchev–Trinajstić information content (AvgIpc) is 3.06. The molecule has 2 aromatic rings. The summed E-state index contributed by atoms with van der Waals surface area (Å²) in [7, 11) is 0. The van der Waals surface area contributed by atoms with Gasteiger partial charge >= 0.3 is 0 Å². The number of ether oxygens (including phenoxy) is 1. The Hall–Kier alpha value is -1.85. The zero-order valence-electron chi connectivity index (χ0n) is 14.4. The van der Waals surface area contributed by atoms with Gasteiger partial charge in [-0.15, -0.1) is 0 Å². The maximum atomic E-state index is 12.4. The highest BCUT2D eigenvalue weighted by molar-refractivity contribution is 9.10. The summed E-state index contributed by atoms with van der Waals surface area (Å²) in [6.07, 6.45) is 2.19. The Labute approximate surface area is 157 Å². The number of anilines is 1. The lowest BCUT2D eigenvalue weighted by Crippen LogP contribution is -2.33. The molecule has 0 saturated carbocycles. The largest absolute Gasteiger partial charge is 0.494 e. The molecule has 0 aliphatic carbocycles. The maximum Gasteiger partial charge on any atom is 0.238 e. The van der Waals surface area contributed by atoms with Crippen LogP contribution in [-0.2, 0) is 4.79 Å². The summed E-state index contributed by atoms with van der Waals surface area (Å²) in [5.41, 5.74) is 2.05. The van der Waals surface area contributed by atoms with E-state index in [-0.39, 0.29) is 5.91 Å². The fourth-order valence-corrected chi connectivity index (χ4v) is 3.67. The lowest BCUT2D eigenvalue weighted by atomic mass is 10.0. The number of para-hydroxylation sites is 1. The van der Waals surface area contributed by atoms with E-state index in [2.05, 4.69) is 38.3 Å². The topological polar surface area (TPSA) is 41.6 Å². The van der Waals surface area contributed by atoms with Crippen LogP contribution >= 0.6 is 15.9 Å². The predicted octanol–water partition coefficient (Wildman–Crippen LogP) is 4.62. The SMILES string of the molecule is CCOc1ccc(C2CCCN2CC(=O)Nc2ccccc2Br)cc1. The number of hydrogen-bond acceptors (Lipinski definition) is 3. The molecule has 0 bridgehead atoms. The third-order valence-electron chi connectivity index (χ3n) is 4.43. The van der Waals surface area contributed by atoms with Crippen molar-refractivity contribution in [2.24, 2.45) is 0 Å². The summed E-state index contributed by atoms with van der Waals surface area (Å²) in [6, 6.07) is 16.2. The molecule has 1 atom stereocenters. The fraction of sp³-hybridized carbons (Fsp3) is 0.350. The molecule has 5 heteroatoms. The zero-order chi connectivity index (χ0) is 17.6. The van der Waals surface area contributed by atoms with Gasteiger partial charge in [0.25, 0.3) is 0 Å². The maximum absolute atomic E-state index is 12.4. The highest BCUT2D eigenvalue weighted by atomic mass is 79.9. The lowest BCUT2D eigenvalue weighted by Gasteiger charge is -2.24. The summed E-state index contributed by atoms with van der Waals surface area (Å²) < 4.78 is 6.41. The summed E-state index contributed by atoms with van der Waals surface area (Å²) in [5.74, 6) is 0.909. The number of amides is 1. The molecule has 1 saturated heterocycles. The lowest BCUT2D eigenvalue weighted by molar-refractivity contribution is -0.117.